The fourth-order valence-corrected chi connectivity index (χ4v) is 4.18. The lowest BCUT2D eigenvalue weighted by molar-refractivity contribution is -0.113. The van der Waals surface area contributed by atoms with Crippen LogP contribution in [0.2, 0.25) is 0 Å². The Balaban J connectivity index is 1.54. The Labute approximate surface area is 178 Å². The van der Waals surface area contributed by atoms with Crippen LogP contribution in [0.5, 0.6) is 0 Å². The summed E-state index contributed by atoms with van der Waals surface area (Å²) in [4.78, 5) is 30.0. The van der Waals surface area contributed by atoms with E-state index in [1.54, 1.807) is 10.6 Å². The van der Waals surface area contributed by atoms with Crippen molar-refractivity contribution in [1.82, 2.24) is 9.55 Å². The van der Waals surface area contributed by atoms with Gasteiger partial charge in [0.15, 0.2) is 5.16 Å². The largest absolute Gasteiger partial charge is 0.325 e. The van der Waals surface area contributed by atoms with E-state index in [9.17, 15) is 9.59 Å². The highest BCUT2D eigenvalue weighted by Crippen LogP contribution is 2.28. The molecule has 5 nitrogen and oxygen atoms in total. The number of carbonyl (C=O) groups is 1. The molecule has 0 saturated heterocycles. The third-order valence-electron chi connectivity index (χ3n) is 4.76. The van der Waals surface area contributed by atoms with Crippen molar-refractivity contribution in [3.8, 4) is 11.1 Å². The average molecular weight is 416 g/mol. The van der Waals surface area contributed by atoms with Crippen molar-refractivity contribution in [2.24, 2.45) is 0 Å². The summed E-state index contributed by atoms with van der Waals surface area (Å²) in [5, 5.41) is 4.13. The first kappa shape index (κ1) is 19.9. The average Bonchev–Trinajstić information content (AvgIpc) is 2.79. The van der Waals surface area contributed by atoms with E-state index in [-0.39, 0.29) is 17.2 Å². The van der Waals surface area contributed by atoms with Crippen LogP contribution in [0.1, 0.15) is 6.92 Å². The Kier molecular flexibility index (Phi) is 5.95. The summed E-state index contributed by atoms with van der Waals surface area (Å²) in [5.41, 5.74) is 3.32. The molecule has 0 aliphatic carbocycles. The molecule has 0 radical (unpaired) electrons. The van der Waals surface area contributed by atoms with Crippen LogP contribution in [0.15, 0.2) is 88.8 Å². The molecule has 1 aromatic heterocycles. The normalized spacial score (nSPS) is 10.8. The van der Waals surface area contributed by atoms with E-state index in [0.717, 1.165) is 16.8 Å². The smallest absolute Gasteiger partial charge is 0.262 e. The number of rotatable bonds is 6. The fraction of sp³-hybridized carbons (Fsp3) is 0.125. The number of amides is 1. The molecule has 1 N–H and O–H groups in total. The van der Waals surface area contributed by atoms with Gasteiger partial charge in [-0.15, -0.1) is 0 Å². The lowest BCUT2D eigenvalue weighted by Crippen LogP contribution is -2.23. The van der Waals surface area contributed by atoms with Gasteiger partial charge in [-0.3, -0.25) is 14.2 Å². The summed E-state index contributed by atoms with van der Waals surface area (Å²) in [6.07, 6.45) is 0. The minimum atomic E-state index is -0.145. The maximum Gasteiger partial charge on any atom is 0.262 e. The molecule has 0 saturated carbocycles. The number of anilines is 1. The number of carbonyl (C=O) groups excluding carboxylic acids is 1. The van der Waals surface area contributed by atoms with Gasteiger partial charge in [0.1, 0.15) is 0 Å². The lowest BCUT2D eigenvalue weighted by atomic mass is 10.0. The number of benzene rings is 3. The van der Waals surface area contributed by atoms with Gasteiger partial charge in [-0.1, -0.05) is 72.4 Å². The predicted octanol–water partition coefficient (Wildman–Crippen LogP) is 4.81. The number of aromatic nitrogens is 2. The Morgan fingerprint density at radius 1 is 0.967 bits per heavy atom. The van der Waals surface area contributed by atoms with E-state index >= 15 is 0 Å². The molecule has 4 aromatic rings. The van der Waals surface area contributed by atoms with Crippen LogP contribution in [0.3, 0.4) is 0 Å². The summed E-state index contributed by atoms with van der Waals surface area (Å²) in [6, 6.07) is 24.9. The standard InChI is InChI=1S/C24H21N3O2S/c1-2-27-23(29)19-13-7-9-15-21(19)26-24(27)30-16-22(28)25-20-14-8-6-12-18(20)17-10-4-3-5-11-17/h3-15H,2,16H2,1H3,(H,25,28). The maximum atomic E-state index is 12.7. The van der Waals surface area contributed by atoms with E-state index in [1.807, 2.05) is 79.7 Å². The third-order valence-corrected chi connectivity index (χ3v) is 5.74. The van der Waals surface area contributed by atoms with E-state index in [2.05, 4.69) is 10.3 Å². The third kappa shape index (κ3) is 4.14. The number of hydrogen-bond acceptors (Lipinski definition) is 4. The number of nitrogens with zero attached hydrogens (tertiary/aromatic N) is 2. The SMILES string of the molecule is CCn1c(SCC(=O)Nc2ccccc2-c2ccccc2)nc2ccccc2c1=O. The molecule has 1 heterocycles. The zero-order valence-corrected chi connectivity index (χ0v) is 17.4. The van der Waals surface area contributed by atoms with Crippen molar-refractivity contribution < 1.29 is 4.79 Å². The second-order valence-corrected chi connectivity index (χ2v) is 7.65. The molecule has 6 heteroatoms. The summed E-state index contributed by atoms with van der Waals surface area (Å²) < 4.78 is 1.61. The minimum Gasteiger partial charge on any atom is -0.325 e. The Hall–Kier alpha value is -3.38. The fourth-order valence-electron chi connectivity index (χ4n) is 3.31. The van der Waals surface area contributed by atoms with E-state index in [0.29, 0.717) is 22.6 Å². The van der Waals surface area contributed by atoms with Crippen LogP contribution in [0.4, 0.5) is 5.69 Å². The van der Waals surface area contributed by atoms with Crippen molar-refractivity contribution in [3.05, 3.63) is 89.2 Å². The first-order valence-electron chi connectivity index (χ1n) is 9.74. The molecule has 30 heavy (non-hydrogen) atoms. The molecule has 0 unspecified atom stereocenters. The van der Waals surface area contributed by atoms with Crippen LogP contribution in [-0.2, 0) is 11.3 Å². The Bertz CT molecular complexity index is 1250. The summed E-state index contributed by atoms with van der Waals surface area (Å²) in [7, 11) is 0. The first-order chi connectivity index (χ1) is 14.7. The Morgan fingerprint density at radius 3 is 2.47 bits per heavy atom. The molecule has 0 atom stereocenters. The van der Waals surface area contributed by atoms with E-state index < -0.39 is 0 Å². The molecule has 150 valence electrons. The highest BCUT2D eigenvalue weighted by molar-refractivity contribution is 7.99. The summed E-state index contributed by atoms with van der Waals surface area (Å²) in [5.74, 6) is 0.0157. The van der Waals surface area contributed by atoms with Crippen LogP contribution in [-0.4, -0.2) is 21.2 Å². The molecule has 0 aliphatic heterocycles. The maximum absolute atomic E-state index is 12.7. The minimum absolute atomic E-state index is 0.0829. The first-order valence-corrected chi connectivity index (χ1v) is 10.7. The molecule has 0 bridgehead atoms. The van der Waals surface area contributed by atoms with E-state index in [4.69, 9.17) is 0 Å². The molecular weight excluding hydrogens is 394 g/mol. The van der Waals surface area contributed by atoms with Crippen LogP contribution in [0, 0.1) is 0 Å². The molecular formula is C24H21N3O2S. The number of fused-ring (bicyclic) bond motifs is 1. The van der Waals surface area contributed by atoms with Crippen LogP contribution in [0.25, 0.3) is 22.0 Å². The van der Waals surface area contributed by atoms with Gasteiger partial charge in [-0.05, 0) is 30.7 Å². The van der Waals surface area contributed by atoms with E-state index in [1.165, 1.54) is 11.8 Å². The van der Waals surface area contributed by atoms with Gasteiger partial charge < -0.3 is 5.32 Å². The lowest BCUT2D eigenvalue weighted by Gasteiger charge is -2.13. The highest BCUT2D eigenvalue weighted by Gasteiger charge is 2.13. The zero-order chi connectivity index (χ0) is 20.9. The quantitative estimate of drug-likeness (QED) is 0.362. The van der Waals surface area contributed by atoms with Gasteiger partial charge in [0, 0.05) is 17.8 Å². The molecule has 0 aliphatic rings. The highest BCUT2D eigenvalue weighted by atomic mass is 32.2. The van der Waals surface area contributed by atoms with Gasteiger partial charge in [-0.25, -0.2) is 4.98 Å². The number of thioether (sulfide) groups is 1. The van der Waals surface area contributed by atoms with Gasteiger partial charge in [0.2, 0.25) is 5.91 Å². The molecule has 3 aromatic carbocycles. The number of para-hydroxylation sites is 2. The van der Waals surface area contributed by atoms with Gasteiger partial charge in [0.05, 0.1) is 16.7 Å². The van der Waals surface area contributed by atoms with Crippen LogP contribution >= 0.6 is 11.8 Å². The monoisotopic (exact) mass is 415 g/mol. The van der Waals surface area contributed by atoms with Crippen molar-refractivity contribution in [1.29, 1.82) is 0 Å². The molecule has 0 spiro atoms. The summed E-state index contributed by atoms with van der Waals surface area (Å²) in [6.45, 7) is 2.40. The van der Waals surface area contributed by atoms with Crippen molar-refractivity contribution in [3.63, 3.8) is 0 Å². The van der Waals surface area contributed by atoms with Crippen molar-refractivity contribution in [2.45, 2.75) is 18.6 Å². The van der Waals surface area contributed by atoms with Gasteiger partial charge in [-0.2, -0.15) is 0 Å². The number of nitrogens with one attached hydrogen (secondary N) is 1. The topological polar surface area (TPSA) is 64.0 Å². The Morgan fingerprint density at radius 2 is 1.67 bits per heavy atom. The van der Waals surface area contributed by atoms with Crippen LogP contribution < -0.4 is 10.9 Å². The van der Waals surface area contributed by atoms with Gasteiger partial charge >= 0.3 is 0 Å². The second kappa shape index (κ2) is 8.97. The van der Waals surface area contributed by atoms with Gasteiger partial charge in [0.25, 0.3) is 5.56 Å². The number of hydrogen-bond donors (Lipinski definition) is 1. The second-order valence-electron chi connectivity index (χ2n) is 6.71. The van der Waals surface area contributed by atoms with Crippen molar-refractivity contribution >= 4 is 34.3 Å². The summed E-state index contributed by atoms with van der Waals surface area (Å²) >= 11 is 1.27. The van der Waals surface area contributed by atoms with Crippen molar-refractivity contribution in [2.75, 3.05) is 11.1 Å². The zero-order valence-electron chi connectivity index (χ0n) is 16.5. The molecule has 0 fully saturated rings. The molecule has 4 rings (SSSR count). The molecule has 1 amide bonds. The predicted molar refractivity (Wildman–Crippen MR) is 123 cm³/mol.